The minimum absolute atomic E-state index is 0.448. The molecule has 2 atom stereocenters. The number of amides is 1. The Kier molecular flexibility index (Phi) is 3.64. The van der Waals surface area contributed by atoms with Crippen LogP contribution in [0.5, 0.6) is 0 Å². The molecule has 2 aliphatic heterocycles. The van der Waals surface area contributed by atoms with Crippen LogP contribution in [0.3, 0.4) is 0 Å². The van der Waals surface area contributed by atoms with Crippen molar-refractivity contribution >= 4 is 17.7 Å². The smallest absolute Gasteiger partial charge is 0.222 e. The van der Waals surface area contributed by atoms with Crippen molar-refractivity contribution in [2.45, 2.75) is 62.7 Å². The third kappa shape index (κ3) is 2.64. The van der Waals surface area contributed by atoms with Crippen molar-refractivity contribution in [3.8, 4) is 0 Å². The molecule has 0 aromatic carbocycles. The molecule has 0 radical (unpaired) electrons. The van der Waals surface area contributed by atoms with Gasteiger partial charge in [0.2, 0.25) is 5.91 Å². The molecule has 17 heavy (non-hydrogen) atoms. The summed E-state index contributed by atoms with van der Waals surface area (Å²) in [5.74, 6) is 2.49. The van der Waals surface area contributed by atoms with Crippen LogP contribution < -0.4 is 0 Å². The number of nitrogens with zero attached hydrogens (tertiary/aromatic N) is 1. The summed E-state index contributed by atoms with van der Waals surface area (Å²) < 4.78 is 0. The van der Waals surface area contributed by atoms with Crippen molar-refractivity contribution in [2.24, 2.45) is 5.92 Å². The van der Waals surface area contributed by atoms with Crippen molar-refractivity contribution in [1.82, 2.24) is 4.90 Å². The van der Waals surface area contributed by atoms with Gasteiger partial charge in [0.1, 0.15) is 0 Å². The van der Waals surface area contributed by atoms with Crippen molar-refractivity contribution in [2.75, 3.05) is 12.3 Å². The topological polar surface area (TPSA) is 20.3 Å². The average molecular weight is 253 g/mol. The van der Waals surface area contributed by atoms with Crippen molar-refractivity contribution < 1.29 is 4.79 Å². The Bertz CT molecular complexity index is 288. The highest BCUT2D eigenvalue weighted by molar-refractivity contribution is 8.00. The Balaban J connectivity index is 1.44. The molecule has 3 rings (SSSR count). The number of thioether (sulfide) groups is 1. The maximum Gasteiger partial charge on any atom is 0.222 e. The third-order valence-corrected chi connectivity index (χ3v) is 6.10. The highest BCUT2D eigenvalue weighted by Gasteiger charge is 2.40. The lowest BCUT2D eigenvalue weighted by molar-refractivity contribution is -0.132. The number of carbonyl (C=O) groups is 1. The van der Waals surface area contributed by atoms with Crippen LogP contribution in [0.15, 0.2) is 0 Å². The standard InChI is InChI=1S/C14H23NOS/c16-14(7-6-11-4-2-1-3-5-11)15-9-13-8-12(15)10-17-13/h11-13H,1-10H2. The summed E-state index contributed by atoms with van der Waals surface area (Å²) in [6.07, 6.45) is 10.2. The highest BCUT2D eigenvalue weighted by atomic mass is 32.2. The Morgan fingerprint density at radius 2 is 2.06 bits per heavy atom. The first-order chi connectivity index (χ1) is 8.33. The van der Waals surface area contributed by atoms with E-state index in [-0.39, 0.29) is 0 Å². The van der Waals surface area contributed by atoms with E-state index in [4.69, 9.17) is 0 Å². The molecule has 0 aromatic heterocycles. The van der Waals surface area contributed by atoms with Gasteiger partial charge in [-0.3, -0.25) is 4.79 Å². The zero-order valence-corrected chi connectivity index (χ0v) is 11.4. The van der Waals surface area contributed by atoms with E-state index in [0.29, 0.717) is 11.9 Å². The summed E-state index contributed by atoms with van der Waals surface area (Å²) >= 11 is 2.07. The molecule has 3 aliphatic rings. The van der Waals surface area contributed by atoms with Gasteiger partial charge in [0.05, 0.1) is 0 Å². The zero-order valence-electron chi connectivity index (χ0n) is 10.6. The summed E-state index contributed by atoms with van der Waals surface area (Å²) in [6, 6.07) is 0.587. The van der Waals surface area contributed by atoms with Gasteiger partial charge in [0.25, 0.3) is 0 Å². The normalized spacial score (nSPS) is 33.3. The fraction of sp³-hybridized carbons (Fsp3) is 0.929. The summed E-state index contributed by atoms with van der Waals surface area (Å²) in [7, 11) is 0. The van der Waals surface area contributed by atoms with Crippen LogP contribution in [-0.4, -0.2) is 34.4 Å². The molecule has 1 saturated carbocycles. The van der Waals surface area contributed by atoms with E-state index in [1.54, 1.807) is 0 Å². The first kappa shape index (κ1) is 11.9. The van der Waals surface area contributed by atoms with E-state index < -0.39 is 0 Å². The Labute approximate surface area is 109 Å². The predicted octanol–water partition coefficient (Wildman–Crippen LogP) is 3.06. The van der Waals surface area contributed by atoms with Gasteiger partial charge in [0, 0.05) is 30.0 Å². The lowest BCUT2D eigenvalue weighted by Gasteiger charge is -2.28. The summed E-state index contributed by atoms with van der Waals surface area (Å²) in [6.45, 7) is 1.04. The molecule has 96 valence electrons. The van der Waals surface area contributed by atoms with Crippen LogP contribution in [-0.2, 0) is 4.79 Å². The van der Waals surface area contributed by atoms with Crippen LogP contribution in [0, 0.1) is 5.92 Å². The second-order valence-electron chi connectivity index (χ2n) is 5.93. The molecular weight excluding hydrogens is 230 g/mol. The van der Waals surface area contributed by atoms with Crippen LogP contribution in [0.2, 0.25) is 0 Å². The van der Waals surface area contributed by atoms with Gasteiger partial charge < -0.3 is 4.90 Å². The molecule has 2 heterocycles. The van der Waals surface area contributed by atoms with Gasteiger partial charge >= 0.3 is 0 Å². The fourth-order valence-corrected chi connectivity index (χ4v) is 5.09. The van der Waals surface area contributed by atoms with E-state index in [1.807, 2.05) is 0 Å². The second-order valence-corrected chi connectivity index (χ2v) is 7.27. The first-order valence-corrected chi connectivity index (χ1v) is 8.29. The molecule has 2 nitrogen and oxygen atoms in total. The summed E-state index contributed by atoms with van der Waals surface area (Å²) in [4.78, 5) is 14.4. The van der Waals surface area contributed by atoms with Gasteiger partial charge in [-0.25, -0.2) is 0 Å². The van der Waals surface area contributed by atoms with Gasteiger partial charge in [-0.15, -0.1) is 0 Å². The SMILES string of the molecule is O=C(CCC1CCCCC1)N1CC2CC1CS2. The maximum absolute atomic E-state index is 12.2. The molecule has 2 bridgehead atoms. The minimum atomic E-state index is 0.448. The zero-order chi connectivity index (χ0) is 11.7. The van der Waals surface area contributed by atoms with E-state index in [1.165, 1.54) is 44.3 Å². The molecule has 2 saturated heterocycles. The molecule has 1 amide bonds. The van der Waals surface area contributed by atoms with E-state index in [0.717, 1.165) is 30.6 Å². The Morgan fingerprint density at radius 3 is 2.71 bits per heavy atom. The molecule has 0 N–H and O–H groups in total. The predicted molar refractivity (Wildman–Crippen MR) is 72.2 cm³/mol. The lowest BCUT2D eigenvalue weighted by atomic mass is 9.86. The van der Waals surface area contributed by atoms with Gasteiger partial charge in [-0.1, -0.05) is 32.1 Å². The van der Waals surface area contributed by atoms with Crippen molar-refractivity contribution in [1.29, 1.82) is 0 Å². The molecule has 3 heteroatoms. The summed E-state index contributed by atoms with van der Waals surface area (Å²) in [5.41, 5.74) is 0. The molecule has 0 aromatic rings. The lowest BCUT2D eigenvalue weighted by Crippen LogP contribution is -2.39. The molecule has 1 aliphatic carbocycles. The van der Waals surface area contributed by atoms with Crippen LogP contribution >= 0.6 is 11.8 Å². The molecular formula is C14H23NOS. The quantitative estimate of drug-likeness (QED) is 0.770. The van der Waals surface area contributed by atoms with Crippen LogP contribution in [0.1, 0.15) is 51.4 Å². The number of fused-ring (bicyclic) bond motifs is 2. The van der Waals surface area contributed by atoms with Crippen LogP contribution in [0.25, 0.3) is 0 Å². The number of hydrogen-bond donors (Lipinski definition) is 0. The monoisotopic (exact) mass is 253 g/mol. The summed E-state index contributed by atoms with van der Waals surface area (Å²) in [5, 5.41) is 0.763. The van der Waals surface area contributed by atoms with Gasteiger partial charge in [-0.2, -0.15) is 11.8 Å². The third-order valence-electron chi connectivity index (χ3n) is 4.71. The highest BCUT2D eigenvalue weighted by Crippen LogP contribution is 2.38. The first-order valence-electron chi connectivity index (χ1n) is 7.24. The number of hydrogen-bond acceptors (Lipinski definition) is 2. The molecule has 2 unspecified atom stereocenters. The Morgan fingerprint density at radius 1 is 1.24 bits per heavy atom. The van der Waals surface area contributed by atoms with E-state index in [9.17, 15) is 4.79 Å². The van der Waals surface area contributed by atoms with E-state index >= 15 is 0 Å². The van der Waals surface area contributed by atoms with Crippen molar-refractivity contribution in [3.05, 3.63) is 0 Å². The number of rotatable bonds is 3. The van der Waals surface area contributed by atoms with Crippen LogP contribution in [0.4, 0.5) is 0 Å². The second kappa shape index (κ2) is 5.21. The van der Waals surface area contributed by atoms with Crippen molar-refractivity contribution in [3.63, 3.8) is 0 Å². The van der Waals surface area contributed by atoms with E-state index in [2.05, 4.69) is 16.7 Å². The molecule has 0 spiro atoms. The number of carbonyl (C=O) groups excluding carboxylic acids is 1. The van der Waals surface area contributed by atoms with Gasteiger partial charge in [0.15, 0.2) is 0 Å². The average Bonchev–Trinajstić information content (AvgIpc) is 2.99. The Hall–Kier alpha value is -0.180. The molecule has 3 fully saturated rings. The van der Waals surface area contributed by atoms with Gasteiger partial charge in [-0.05, 0) is 18.8 Å². The maximum atomic E-state index is 12.2. The number of likely N-dealkylation sites (tertiary alicyclic amines) is 1. The largest absolute Gasteiger partial charge is 0.338 e. The fourth-order valence-electron chi connectivity index (χ4n) is 3.65. The minimum Gasteiger partial charge on any atom is -0.338 e.